The van der Waals surface area contributed by atoms with Gasteiger partial charge in [-0.2, -0.15) is 5.26 Å². The number of nitrogens with zero attached hydrogens (tertiary/aromatic N) is 4. The minimum Gasteiger partial charge on any atom is -0.456 e. The summed E-state index contributed by atoms with van der Waals surface area (Å²) >= 11 is 0. The number of benzene rings is 6. The van der Waals surface area contributed by atoms with Crippen LogP contribution in [-0.2, 0) is 0 Å². The number of para-hydroxylation sites is 2. The smallest absolute Gasteiger partial charge is 0.236 e. The summed E-state index contributed by atoms with van der Waals surface area (Å²) in [4.78, 5) is 9.69. The normalized spacial score (nSPS) is 11.8. The molecule has 0 fully saturated rings. The van der Waals surface area contributed by atoms with E-state index in [0.717, 1.165) is 76.5 Å². The van der Waals surface area contributed by atoms with E-state index in [4.69, 9.17) is 14.4 Å². The molecule has 0 spiro atoms. The van der Waals surface area contributed by atoms with Crippen LogP contribution >= 0.6 is 0 Å². The maximum absolute atomic E-state index is 9.95. The average molecular weight is 537 g/mol. The molecule has 0 bridgehead atoms. The molecule has 42 heavy (non-hydrogen) atoms. The molecule has 0 aliphatic rings. The molecule has 0 unspecified atom stereocenters. The highest BCUT2D eigenvalue weighted by molar-refractivity contribution is 6.22. The first-order chi connectivity index (χ1) is 20.8. The zero-order valence-electron chi connectivity index (χ0n) is 22.2. The molecule has 0 aliphatic heterocycles. The molecule has 0 radical (unpaired) electrons. The number of nitriles is 1. The standard InChI is InChI=1S/C37H20N4O/c38-21-31-28-10-3-5-11-30(28)39-37(40-31)41-32-17-15-23(19-29(32)36-25-8-2-1-7-22(25)14-18-33(36)41)24-13-16-27-26-9-4-6-12-34(26)42-35(27)20-24/h1-20H. The van der Waals surface area contributed by atoms with Gasteiger partial charge in [0.05, 0.1) is 16.6 Å². The highest BCUT2D eigenvalue weighted by atomic mass is 16.3. The van der Waals surface area contributed by atoms with Crippen molar-refractivity contribution in [3.8, 4) is 23.1 Å². The number of furan rings is 1. The quantitative estimate of drug-likeness (QED) is 0.221. The first-order valence-electron chi connectivity index (χ1n) is 13.8. The fraction of sp³-hybridized carbons (Fsp3) is 0. The number of hydrogen-bond acceptors (Lipinski definition) is 4. The van der Waals surface area contributed by atoms with Gasteiger partial charge in [0.25, 0.3) is 0 Å². The lowest BCUT2D eigenvalue weighted by atomic mass is 9.99. The minimum atomic E-state index is 0.363. The topological polar surface area (TPSA) is 67.6 Å². The second-order valence-electron chi connectivity index (χ2n) is 10.6. The molecule has 5 heteroatoms. The fourth-order valence-corrected chi connectivity index (χ4v) is 6.34. The Morgan fingerprint density at radius 1 is 0.571 bits per heavy atom. The molecule has 0 atom stereocenters. The molecule has 0 amide bonds. The lowest BCUT2D eigenvalue weighted by Crippen LogP contribution is -2.03. The van der Waals surface area contributed by atoms with E-state index >= 15 is 0 Å². The molecule has 9 aromatic rings. The van der Waals surface area contributed by atoms with E-state index in [-0.39, 0.29) is 0 Å². The van der Waals surface area contributed by atoms with E-state index in [1.807, 2.05) is 42.5 Å². The third-order valence-electron chi connectivity index (χ3n) is 8.26. The van der Waals surface area contributed by atoms with Gasteiger partial charge >= 0.3 is 0 Å². The maximum Gasteiger partial charge on any atom is 0.236 e. The molecule has 3 heterocycles. The van der Waals surface area contributed by atoms with E-state index in [1.54, 1.807) is 0 Å². The molecule has 3 aromatic heterocycles. The monoisotopic (exact) mass is 536 g/mol. The first-order valence-corrected chi connectivity index (χ1v) is 13.8. The predicted octanol–water partition coefficient (Wildman–Crippen LogP) is 9.32. The van der Waals surface area contributed by atoms with Gasteiger partial charge in [0, 0.05) is 26.9 Å². The van der Waals surface area contributed by atoms with Gasteiger partial charge in [0.2, 0.25) is 5.95 Å². The zero-order valence-corrected chi connectivity index (χ0v) is 22.2. The summed E-state index contributed by atoms with van der Waals surface area (Å²) in [6.45, 7) is 0. The molecule has 6 aromatic carbocycles. The van der Waals surface area contributed by atoms with Gasteiger partial charge in [-0.25, -0.2) is 9.97 Å². The van der Waals surface area contributed by atoms with Crippen LogP contribution in [0.2, 0.25) is 0 Å². The summed E-state index contributed by atoms with van der Waals surface area (Å²) in [6.07, 6.45) is 0. The Morgan fingerprint density at radius 2 is 1.29 bits per heavy atom. The van der Waals surface area contributed by atoms with Crippen molar-refractivity contribution in [1.82, 2.24) is 14.5 Å². The second-order valence-corrected chi connectivity index (χ2v) is 10.6. The van der Waals surface area contributed by atoms with Crippen LogP contribution in [0.15, 0.2) is 126 Å². The van der Waals surface area contributed by atoms with Crippen molar-refractivity contribution in [2.75, 3.05) is 0 Å². The van der Waals surface area contributed by atoms with Crippen molar-refractivity contribution in [2.24, 2.45) is 0 Å². The van der Waals surface area contributed by atoms with Gasteiger partial charge < -0.3 is 4.42 Å². The van der Waals surface area contributed by atoms with Crippen molar-refractivity contribution in [3.63, 3.8) is 0 Å². The van der Waals surface area contributed by atoms with Crippen LogP contribution in [0.4, 0.5) is 0 Å². The fourth-order valence-electron chi connectivity index (χ4n) is 6.34. The highest BCUT2D eigenvalue weighted by Crippen LogP contribution is 2.39. The van der Waals surface area contributed by atoms with Crippen molar-refractivity contribution in [3.05, 3.63) is 127 Å². The Bertz CT molecular complexity index is 2600. The van der Waals surface area contributed by atoms with Crippen LogP contribution in [0.3, 0.4) is 0 Å². The second kappa shape index (κ2) is 8.50. The third-order valence-corrected chi connectivity index (χ3v) is 8.26. The summed E-state index contributed by atoms with van der Waals surface area (Å²) in [5, 5.41) is 17.5. The Labute approximate surface area is 239 Å². The molecule has 0 aliphatic carbocycles. The molecule has 5 nitrogen and oxygen atoms in total. The van der Waals surface area contributed by atoms with E-state index < -0.39 is 0 Å². The first kappa shape index (κ1) is 22.8. The Balaban J connectivity index is 1.35. The molecule has 194 valence electrons. The van der Waals surface area contributed by atoms with Crippen LogP contribution in [-0.4, -0.2) is 14.5 Å². The lowest BCUT2D eigenvalue weighted by Gasteiger charge is -2.09. The molecule has 0 N–H and O–H groups in total. The molecule has 0 saturated heterocycles. The van der Waals surface area contributed by atoms with Gasteiger partial charge in [0.1, 0.15) is 17.2 Å². The highest BCUT2D eigenvalue weighted by Gasteiger charge is 2.19. The summed E-state index contributed by atoms with van der Waals surface area (Å²) in [5.41, 5.74) is 7.01. The average Bonchev–Trinajstić information content (AvgIpc) is 3.59. The lowest BCUT2D eigenvalue weighted by molar-refractivity contribution is 0.669. The summed E-state index contributed by atoms with van der Waals surface area (Å²) in [6, 6.07) is 43.7. The number of hydrogen-bond donors (Lipinski definition) is 0. The number of aromatic nitrogens is 3. The van der Waals surface area contributed by atoms with Crippen molar-refractivity contribution >= 4 is 65.4 Å². The van der Waals surface area contributed by atoms with E-state index in [0.29, 0.717) is 11.6 Å². The molecule has 9 rings (SSSR count). The van der Waals surface area contributed by atoms with Gasteiger partial charge in [-0.3, -0.25) is 4.57 Å². The Kier molecular flexibility index (Phi) is 4.61. The van der Waals surface area contributed by atoms with Crippen molar-refractivity contribution in [2.45, 2.75) is 0 Å². The maximum atomic E-state index is 9.95. The van der Waals surface area contributed by atoms with Crippen molar-refractivity contribution in [1.29, 1.82) is 5.26 Å². The molecular formula is C37H20N4O. The van der Waals surface area contributed by atoms with Gasteiger partial charge in [-0.15, -0.1) is 0 Å². The Hall–Kier alpha value is -5.99. The summed E-state index contributed by atoms with van der Waals surface area (Å²) in [5.74, 6) is 0.483. The number of rotatable bonds is 2. The minimum absolute atomic E-state index is 0.363. The van der Waals surface area contributed by atoms with Crippen LogP contribution in [0.25, 0.3) is 82.5 Å². The van der Waals surface area contributed by atoms with Crippen molar-refractivity contribution < 1.29 is 4.42 Å². The third kappa shape index (κ3) is 3.18. The van der Waals surface area contributed by atoms with E-state index in [1.165, 1.54) is 0 Å². The van der Waals surface area contributed by atoms with Gasteiger partial charge in [-0.05, 0) is 70.4 Å². The Morgan fingerprint density at radius 3 is 2.19 bits per heavy atom. The predicted molar refractivity (Wildman–Crippen MR) is 169 cm³/mol. The largest absolute Gasteiger partial charge is 0.456 e. The van der Waals surface area contributed by atoms with Crippen LogP contribution < -0.4 is 0 Å². The van der Waals surface area contributed by atoms with Crippen LogP contribution in [0, 0.1) is 11.3 Å². The van der Waals surface area contributed by atoms with E-state index in [9.17, 15) is 5.26 Å². The summed E-state index contributed by atoms with van der Waals surface area (Å²) < 4.78 is 8.28. The molecular weight excluding hydrogens is 516 g/mol. The van der Waals surface area contributed by atoms with Gasteiger partial charge in [-0.1, -0.05) is 72.8 Å². The van der Waals surface area contributed by atoms with E-state index in [2.05, 4.69) is 89.5 Å². The van der Waals surface area contributed by atoms with Crippen LogP contribution in [0.1, 0.15) is 5.69 Å². The summed E-state index contributed by atoms with van der Waals surface area (Å²) in [7, 11) is 0. The van der Waals surface area contributed by atoms with Gasteiger partial charge in [0.15, 0.2) is 5.69 Å². The zero-order chi connectivity index (χ0) is 27.8. The SMILES string of the molecule is N#Cc1nc(-n2c3ccc(-c4ccc5c(c4)oc4ccccc45)cc3c3c4ccccc4ccc32)nc2ccccc12. The number of fused-ring (bicyclic) bond motifs is 9. The van der Waals surface area contributed by atoms with Crippen LogP contribution in [0.5, 0.6) is 0 Å². The molecule has 0 saturated carbocycles.